The van der Waals surface area contributed by atoms with Crippen LogP contribution in [-0.4, -0.2) is 61.0 Å². The van der Waals surface area contributed by atoms with E-state index < -0.39 is 11.7 Å². The lowest BCUT2D eigenvalue weighted by atomic mass is 10.3. The average molecular weight is 403 g/mol. The number of carbonyl (C=O) groups excluding carboxylic acids is 1. The van der Waals surface area contributed by atoms with Crippen LogP contribution in [0.25, 0.3) is 0 Å². The lowest BCUT2D eigenvalue weighted by molar-refractivity contribution is -0.137. The minimum atomic E-state index is -4.54. The number of carbonyl (C=O) groups is 1. The Hall–Kier alpha value is -2.20. The van der Waals surface area contributed by atoms with E-state index in [1.54, 1.807) is 6.92 Å². The van der Waals surface area contributed by atoms with Crippen LogP contribution in [0, 0.1) is 0 Å². The number of likely N-dealkylation sites (N-methyl/N-ethyl adjacent to an activating group) is 1. The highest BCUT2D eigenvalue weighted by Gasteiger charge is 2.35. The number of rotatable bonds is 14. The molecule has 0 amide bonds. The molecule has 0 atom stereocenters. The second kappa shape index (κ2) is 12.3. The van der Waals surface area contributed by atoms with Crippen LogP contribution in [0.2, 0.25) is 0 Å². The molecule has 28 heavy (non-hydrogen) atoms. The van der Waals surface area contributed by atoms with E-state index in [1.807, 2.05) is 11.9 Å². The molecule has 0 spiro atoms. The van der Waals surface area contributed by atoms with Crippen LogP contribution in [0.4, 0.5) is 24.9 Å². The summed E-state index contributed by atoms with van der Waals surface area (Å²) in [5, 5.41) is 5.46. The highest BCUT2D eigenvalue weighted by Crippen LogP contribution is 2.33. The summed E-state index contributed by atoms with van der Waals surface area (Å²) in [6.07, 6.45) is -1.08. The van der Waals surface area contributed by atoms with Crippen molar-refractivity contribution in [3.8, 4) is 0 Å². The number of allylic oxidation sites excluding steroid dienone is 1. The molecule has 0 bridgehead atoms. The van der Waals surface area contributed by atoms with Crippen molar-refractivity contribution in [3.63, 3.8) is 0 Å². The van der Waals surface area contributed by atoms with Crippen molar-refractivity contribution in [2.45, 2.75) is 32.4 Å². The minimum absolute atomic E-state index is 0.0619. The molecule has 0 saturated heterocycles. The topological polar surface area (TPSA) is 79.4 Å². The van der Waals surface area contributed by atoms with Crippen molar-refractivity contribution in [3.05, 3.63) is 24.0 Å². The first-order valence-corrected chi connectivity index (χ1v) is 9.04. The Bertz CT molecular complexity index is 626. The standard InChI is InChI=1S/C18H28F3N5O2/c1-14(2)24-17-23-13-15(18(19,20)21)16(25-17)22-7-6-8-26(3)9-12-28-11-5-4-10-27/h10,13H,1,4-9,11-12H2,2-3H3,(H2,22,23,24,25). The lowest BCUT2D eigenvalue weighted by Crippen LogP contribution is -2.26. The summed E-state index contributed by atoms with van der Waals surface area (Å²) in [5.41, 5.74) is -0.377. The largest absolute Gasteiger partial charge is 0.421 e. The summed E-state index contributed by atoms with van der Waals surface area (Å²) in [5.74, 6) is -0.195. The van der Waals surface area contributed by atoms with Crippen molar-refractivity contribution in [1.29, 1.82) is 0 Å². The Morgan fingerprint density at radius 2 is 2.07 bits per heavy atom. The monoisotopic (exact) mass is 403 g/mol. The van der Waals surface area contributed by atoms with Crippen LogP contribution >= 0.6 is 0 Å². The van der Waals surface area contributed by atoms with Crippen molar-refractivity contribution in [2.24, 2.45) is 0 Å². The fourth-order valence-corrected chi connectivity index (χ4v) is 2.23. The van der Waals surface area contributed by atoms with Gasteiger partial charge >= 0.3 is 6.18 Å². The molecule has 1 rings (SSSR count). The van der Waals surface area contributed by atoms with Crippen molar-refractivity contribution in [2.75, 3.05) is 50.5 Å². The maximum atomic E-state index is 13.1. The molecular formula is C18H28F3N5O2. The van der Waals surface area contributed by atoms with E-state index in [1.165, 1.54) is 0 Å². The number of ether oxygens (including phenoxy) is 1. The first kappa shape index (κ1) is 23.8. The first-order valence-electron chi connectivity index (χ1n) is 9.04. The molecule has 0 unspecified atom stereocenters. The quantitative estimate of drug-likeness (QED) is 0.365. The maximum Gasteiger partial charge on any atom is 0.421 e. The molecule has 0 aliphatic carbocycles. The van der Waals surface area contributed by atoms with Gasteiger partial charge in [-0.2, -0.15) is 18.2 Å². The molecule has 0 radical (unpaired) electrons. The van der Waals surface area contributed by atoms with Gasteiger partial charge in [0, 0.05) is 38.0 Å². The summed E-state index contributed by atoms with van der Waals surface area (Å²) in [7, 11) is 1.91. The van der Waals surface area contributed by atoms with Crippen molar-refractivity contribution in [1.82, 2.24) is 14.9 Å². The molecular weight excluding hydrogens is 375 g/mol. The van der Waals surface area contributed by atoms with Crippen LogP contribution in [0.15, 0.2) is 18.5 Å². The molecule has 0 saturated carbocycles. The predicted molar refractivity (Wildman–Crippen MR) is 102 cm³/mol. The van der Waals surface area contributed by atoms with E-state index in [-0.39, 0.29) is 11.8 Å². The summed E-state index contributed by atoms with van der Waals surface area (Å²) in [4.78, 5) is 19.8. The van der Waals surface area contributed by atoms with Crippen LogP contribution in [-0.2, 0) is 15.7 Å². The van der Waals surface area contributed by atoms with Gasteiger partial charge in [-0.3, -0.25) is 0 Å². The lowest BCUT2D eigenvalue weighted by Gasteiger charge is -2.18. The summed E-state index contributed by atoms with van der Waals surface area (Å²) < 4.78 is 44.8. The zero-order chi connectivity index (χ0) is 21.0. The van der Waals surface area contributed by atoms with Gasteiger partial charge in [0.1, 0.15) is 17.7 Å². The van der Waals surface area contributed by atoms with Gasteiger partial charge in [0.25, 0.3) is 0 Å². The molecule has 158 valence electrons. The Morgan fingerprint density at radius 1 is 1.32 bits per heavy atom. The fraction of sp³-hybridized carbons (Fsp3) is 0.611. The number of alkyl halides is 3. The van der Waals surface area contributed by atoms with Crippen molar-refractivity contribution >= 4 is 18.1 Å². The predicted octanol–water partition coefficient (Wildman–Crippen LogP) is 3.17. The third-order valence-corrected chi connectivity index (χ3v) is 3.66. The molecule has 1 aromatic rings. The number of nitrogens with zero attached hydrogens (tertiary/aromatic N) is 3. The number of nitrogens with one attached hydrogen (secondary N) is 2. The molecule has 0 aliphatic heterocycles. The number of aldehydes is 1. The van der Waals surface area contributed by atoms with Gasteiger partial charge in [-0.25, -0.2) is 4.98 Å². The van der Waals surface area contributed by atoms with E-state index in [0.29, 0.717) is 57.8 Å². The third-order valence-electron chi connectivity index (χ3n) is 3.66. The summed E-state index contributed by atoms with van der Waals surface area (Å²) in [6, 6.07) is 0. The van der Waals surface area contributed by atoms with Crippen LogP contribution in [0.3, 0.4) is 0 Å². The van der Waals surface area contributed by atoms with Gasteiger partial charge in [-0.05, 0) is 33.4 Å². The maximum absolute atomic E-state index is 13.1. The van der Waals surface area contributed by atoms with Gasteiger partial charge < -0.3 is 25.1 Å². The smallest absolute Gasteiger partial charge is 0.380 e. The summed E-state index contributed by atoms with van der Waals surface area (Å²) >= 11 is 0. The van der Waals surface area contributed by atoms with Gasteiger partial charge in [0.15, 0.2) is 0 Å². The molecule has 0 aliphatic rings. The molecule has 1 heterocycles. The molecule has 1 aromatic heterocycles. The molecule has 2 N–H and O–H groups in total. The van der Waals surface area contributed by atoms with E-state index >= 15 is 0 Å². The Labute approximate surface area is 163 Å². The van der Waals surface area contributed by atoms with E-state index in [0.717, 1.165) is 12.5 Å². The zero-order valence-electron chi connectivity index (χ0n) is 16.3. The zero-order valence-corrected chi connectivity index (χ0v) is 16.3. The average Bonchev–Trinajstić information content (AvgIpc) is 2.60. The molecule has 0 fully saturated rings. The molecule has 7 nitrogen and oxygen atoms in total. The SMILES string of the molecule is C=C(C)Nc1ncc(C(F)(F)F)c(NCCCN(C)CCOCCCC=O)n1. The normalized spacial score (nSPS) is 11.5. The van der Waals surface area contributed by atoms with Crippen LogP contribution < -0.4 is 10.6 Å². The number of aromatic nitrogens is 2. The molecule has 10 heteroatoms. The van der Waals surface area contributed by atoms with Crippen LogP contribution in [0.1, 0.15) is 31.7 Å². The molecule has 0 aromatic carbocycles. The summed E-state index contributed by atoms with van der Waals surface area (Å²) in [6.45, 7) is 8.10. The van der Waals surface area contributed by atoms with E-state index in [2.05, 4.69) is 27.2 Å². The number of unbranched alkanes of at least 4 members (excludes halogenated alkanes) is 1. The van der Waals surface area contributed by atoms with Gasteiger partial charge in [0.2, 0.25) is 5.95 Å². The number of hydrogen-bond acceptors (Lipinski definition) is 7. The number of hydrogen-bond donors (Lipinski definition) is 2. The first-order chi connectivity index (χ1) is 13.2. The Balaban J connectivity index is 2.44. The van der Waals surface area contributed by atoms with E-state index in [9.17, 15) is 18.0 Å². The van der Waals surface area contributed by atoms with Gasteiger partial charge in [-0.15, -0.1) is 0 Å². The van der Waals surface area contributed by atoms with Gasteiger partial charge in [0.05, 0.1) is 6.61 Å². The number of halogens is 3. The highest BCUT2D eigenvalue weighted by atomic mass is 19.4. The fourth-order valence-electron chi connectivity index (χ4n) is 2.23. The highest BCUT2D eigenvalue weighted by molar-refractivity contribution is 5.50. The Kier molecular flexibility index (Phi) is 10.5. The third kappa shape index (κ3) is 9.65. The van der Waals surface area contributed by atoms with Crippen molar-refractivity contribution < 1.29 is 22.7 Å². The second-order valence-electron chi connectivity index (χ2n) is 6.36. The van der Waals surface area contributed by atoms with Gasteiger partial charge in [-0.1, -0.05) is 6.58 Å². The Morgan fingerprint density at radius 3 is 2.71 bits per heavy atom. The second-order valence-corrected chi connectivity index (χ2v) is 6.36. The number of anilines is 2. The van der Waals surface area contributed by atoms with E-state index in [4.69, 9.17) is 4.74 Å². The van der Waals surface area contributed by atoms with Crippen LogP contribution in [0.5, 0.6) is 0 Å². The minimum Gasteiger partial charge on any atom is -0.380 e.